The van der Waals surface area contributed by atoms with Crippen LogP contribution in [0.4, 0.5) is 13.2 Å². The fourth-order valence-corrected chi connectivity index (χ4v) is 1.48. The maximum Gasteiger partial charge on any atom is 0.431 e. The van der Waals surface area contributed by atoms with Gasteiger partial charge in [0.05, 0.1) is 10.9 Å². The molecule has 0 saturated heterocycles. The summed E-state index contributed by atoms with van der Waals surface area (Å²) in [7, 11) is 0. The zero-order valence-corrected chi connectivity index (χ0v) is 8.17. The van der Waals surface area contributed by atoms with Crippen molar-refractivity contribution in [2.75, 3.05) is 0 Å². The second-order valence-corrected chi connectivity index (χ2v) is 3.40. The molecule has 1 aromatic carbocycles. The van der Waals surface area contributed by atoms with Gasteiger partial charge in [-0.05, 0) is 12.1 Å². The number of aromatic amines is 1. The highest BCUT2D eigenvalue weighted by Crippen LogP contribution is 2.32. The summed E-state index contributed by atoms with van der Waals surface area (Å²) in [6.07, 6.45) is -4.73. The van der Waals surface area contributed by atoms with Crippen LogP contribution in [0.5, 0.6) is 11.5 Å². The van der Waals surface area contributed by atoms with Crippen LogP contribution in [0.2, 0.25) is 0 Å². The van der Waals surface area contributed by atoms with Crippen molar-refractivity contribution in [1.82, 2.24) is 4.98 Å². The fourth-order valence-electron chi connectivity index (χ4n) is 1.48. The average molecular weight is 245 g/mol. The van der Waals surface area contributed by atoms with Crippen LogP contribution in [0.15, 0.2) is 23.0 Å². The Labute approximate surface area is 91.9 Å². The first kappa shape index (κ1) is 11.3. The molecular formula is C10H6F3NO3. The first-order valence-electron chi connectivity index (χ1n) is 4.46. The van der Waals surface area contributed by atoms with Gasteiger partial charge in [-0.15, -0.1) is 0 Å². The Bertz CT molecular complexity index is 646. The van der Waals surface area contributed by atoms with Gasteiger partial charge in [0.15, 0.2) is 5.43 Å². The van der Waals surface area contributed by atoms with Gasteiger partial charge in [-0.25, -0.2) is 0 Å². The third-order valence-electron chi connectivity index (χ3n) is 2.25. The molecule has 2 rings (SSSR count). The molecule has 2 aromatic rings. The average Bonchev–Trinajstić information content (AvgIpc) is 2.21. The molecule has 0 saturated carbocycles. The Kier molecular flexibility index (Phi) is 2.27. The molecule has 1 heterocycles. The van der Waals surface area contributed by atoms with Gasteiger partial charge < -0.3 is 15.2 Å². The zero-order chi connectivity index (χ0) is 12.8. The van der Waals surface area contributed by atoms with Crippen LogP contribution in [-0.4, -0.2) is 15.2 Å². The third-order valence-corrected chi connectivity index (χ3v) is 2.25. The van der Waals surface area contributed by atoms with Crippen molar-refractivity contribution in [1.29, 1.82) is 0 Å². The van der Waals surface area contributed by atoms with E-state index in [9.17, 15) is 28.2 Å². The number of fused-ring (bicyclic) bond motifs is 1. The lowest BCUT2D eigenvalue weighted by atomic mass is 10.1. The Morgan fingerprint density at radius 1 is 1.12 bits per heavy atom. The maximum atomic E-state index is 12.4. The lowest BCUT2D eigenvalue weighted by Crippen LogP contribution is -2.13. The monoisotopic (exact) mass is 245 g/mol. The van der Waals surface area contributed by atoms with E-state index in [0.717, 1.165) is 12.1 Å². The number of H-pyrrole nitrogens is 1. The molecule has 0 radical (unpaired) electrons. The molecule has 1 aromatic heterocycles. The molecule has 0 atom stereocenters. The highest BCUT2D eigenvalue weighted by molar-refractivity contribution is 5.89. The van der Waals surface area contributed by atoms with E-state index in [1.54, 1.807) is 0 Å². The number of phenols is 2. The van der Waals surface area contributed by atoms with Gasteiger partial charge in [-0.1, -0.05) is 0 Å². The SMILES string of the molecule is O=c1cc(C(F)(F)F)[nH]c2c(O)ccc(O)c12. The number of rotatable bonds is 0. The number of alkyl halides is 3. The summed E-state index contributed by atoms with van der Waals surface area (Å²) in [6, 6.07) is 2.36. The molecule has 0 aliphatic rings. The molecule has 7 heteroatoms. The topological polar surface area (TPSA) is 73.3 Å². The van der Waals surface area contributed by atoms with E-state index in [-0.39, 0.29) is 5.39 Å². The number of halogens is 3. The molecule has 0 aliphatic carbocycles. The van der Waals surface area contributed by atoms with Crippen LogP contribution < -0.4 is 5.43 Å². The second-order valence-electron chi connectivity index (χ2n) is 3.40. The number of phenolic OH excluding ortho intramolecular Hbond substituents is 2. The fraction of sp³-hybridized carbons (Fsp3) is 0.100. The van der Waals surface area contributed by atoms with Crippen molar-refractivity contribution in [2.24, 2.45) is 0 Å². The number of hydrogen-bond donors (Lipinski definition) is 3. The molecule has 0 fully saturated rings. The predicted molar refractivity (Wildman–Crippen MR) is 52.9 cm³/mol. The van der Waals surface area contributed by atoms with E-state index in [1.165, 1.54) is 0 Å². The molecule has 90 valence electrons. The van der Waals surface area contributed by atoms with Crippen molar-refractivity contribution < 1.29 is 23.4 Å². The van der Waals surface area contributed by atoms with Crippen molar-refractivity contribution in [3.63, 3.8) is 0 Å². The van der Waals surface area contributed by atoms with Crippen molar-refractivity contribution in [3.8, 4) is 11.5 Å². The summed E-state index contributed by atoms with van der Waals surface area (Å²) in [4.78, 5) is 13.3. The summed E-state index contributed by atoms with van der Waals surface area (Å²) < 4.78 is 37.2. The molecular weight excluding hydrogens is 239 g/mol. The number of hydrogen-bond acceptors (Lipinski definition) is 3. The highest BCUT2D eigenvalue weighted by atomic mass is 19.4. The minimum absolute atomic E-state index is 0.335. The Morgan fingerprint density at radius 3 is 2.29 bits per heavy atom. The minimum atomic E-state index is -4.73. The van der Waals surface area contributed by atoms with E-state index in [0.29, 0.717) is 6.07 Å². The smallest absolute Gasteiger partial charge is 0.431 e. The number of aromatic nitrogens is 1. The van der Waals surface area contributed by atoms with Gasteiger partial charge in [0.25, 0.3) is 0 Å². The van der Waals surface area contributed by atoms with E-state index in [1.807, 2.05) is 4.98 Å². The van der Waals surface area contributed by atoms with E-state index < -0.39 is 34.3 Å². The predicted octanol–water partition coefficient (Wildman–Crippen LogP) is 1.96. The highest BCUT2D eigenvalue weighted by Gasteiger charge is 2.32. The lowest BCUT2D eigenvalue weighted by molar-refractivity contribution is -0.141. The van der Waals surface area contributed by atoms with Crippen molar-refractivity contribution in [2.45, 2.75) is 6.18 Å². The van der Waals surface area contributed by atoms with Crippen LogP contribution in [-0.2, 0) is 6.18 Å². The van der Waals surface area contributed by atoms with E-state index in [2.05, 4.69) is 0 Å². The minimum Gasteiger partial charge on any atom is -0.507 e. The molecule has 17 heavy (non-hydrogen) atoms. The number of nitrogens with one attached hydrogen (secondary N) is 1. The Hall–Kier alpha value is -2.18. The summed E-state index contributed by atoms with van der Waals surface area (Å²) in [6.45, 7) is 0. The quantitative estimate of drug-likeness (QED) is 0.621. The zero-order valence-electron chi connectivity index (χ0n) is 8.17. The van der Waals surface area contributed by atoms with Crippen LogP contribution in [0.3, 0.4) is 0 Å². The third kappa shape index (κ3) is 1.79. The molecule has 0 amide bonds. The molecule has 0 spiro atoms. The Morgan fingerprint density at radius 2 is 1.71 bits per heavy atom. The summed E-state index contributed by atoms with van der Waals surface area (Å²) >= 11 is 0. The normalized spacial score (nSPS) is 11.9. The van der Waals surface area contributed by atoms with Gasteiger partial charge in [0.1, 0.15) is 17.2 Å². The lowest BCUT2D eigenvalue weighted by Gasteiger charge is -2.09. The van der Waals surface area contributed by atoms with Crippen molar-refractivity contribution in [3.05, 3.63) is 34.1 Å². The number of pyridine rings is 1. The number of aromatic hydroxyl groups is 2. The summed E-state index contributed by atoms with van der Waals surface area (Å²) in [5, 5.41) is 18.3. The maximum absolute atomic E-state index is 12.4. The first-order valence-corrected chi connectivity index (χ1v) is 4.46. The molecule has 0 unspecified atom stereocenters. The summed E-state index contributed by atoms with van der Waals surface area (Å²) in [5.41, 5.74) is -2.74. The standard InChI is InChI=1S/C10H6F3NO3/c11-10(12,13)7-3-6(17)8-4(15)1-2-5(16)9(8)14-7/h1-3,15-16H,(H,14,17). The van der Waals surface area contributed by atoms with Gasteiger partial charge in [-0.3, -0.25) is 4.79 Å². The molecule has 0 aliphatic heterocycles. The van der Waals surface area contributed by atoms with Crippen LogP contribution in [0.1, 0.15) is 5.69 Å². The number of benzene rings is 1. The van der Waals surface area contributed by atoms with Crippen LogP contribution >= 0.6 is 0 Å². The van der Waals surface area contributed by atoms with Gasteiger partial charge in [0.2, 0.25) is 0 Å². The van der Waals surface area contributed by atoms with Gasteiger partial charge in [0, 0.05) is 6.07 Å². The van der Waals surface area contributed by atoms with E-state index in [4.69, 9.17) is 0 Å². The van der Waals surface area contributed by atoms with Crippen LogP contribution in [0, 0.1) is 0 Å². The van der Waals surface area contributed by atoms with Gasteiger partial charge >= 0.3 is 6.18 Å². The largest absolute Gasteiger partial charge is 0.507 e. The molecule has 3 N–H and O–H groups in total. The first-order chi connectivity index (χ1) is 7.80. The van der Waals surface area contributed by atoms with E-state index >= 15 is 0 Å². The Balaban J connectivity index is 2.92. The van der Waals surface area contributed by atoms with Crippen molar-refractivity contribution >= 4 is 10.9 Å². The second kappa shape index (κ2) is 3.41. The summed E-state index contributed by atoms with van der Waals surface area (Å²) in [5.74, 6) is -1.03. The molecule has 0 bridgehead atoms. The molecule has 4 nitrogen and oxygen atoms in total. The van der Waals surface area contributed by atoms with Gasteiger partial charge in [-0.2, -0.15) is 13.2 Å². The van der Waals surface area contributed by atoms with Crippen LogP contribution in [0.25, 0.3) is 10.9 Å².